The Labute approximate surface area is 244 Å². The number of phenolic OH excluding ortho intramolecular Hbond substituents is 1. The van der Waals surface area contributed by atoms with Crippen molar-refractivity contribution >= 4 is 34.3 Å². The molecule has 0 saturated carbocycles. The molecule has 1 aromatic heterocycles. The number of anilines is 1. The van der Waals surface area contributed by atoms with Crippen molar-refractivity contribution in [2.45, 2.75) is 31.1 Å². The van der Waals surface area contributed by atoms with E-state index in [1.807, 2.05) is 48.5 Å². The smallest absolute Gasteiger partial charge is 0.237 e. The fraction of sp³-hybridized carbons (Fsp3) is 0.265. The van der Waals surface area contributed by atoms with E-state index in [9.17, 15) is 19.5 Å². The Hall–Kier alpha value is -5.03. The lowest BCUT2D eigenvalue weighted by atomic mass is 9.73. The molecule has 212 valence electrons. The highest BCUT2D eigenvalue weighted by atomic mass is 16.3. The number of phenols is 1. The number of rotatable bonds is 7. The van der Waals surface area contributed by atoms with Crippen LogP contribution in [-0.4, -0.2) is 52.3 Å². The number of aromatic hydroxyl groups is 1. The molecular formula is C34H32N4O4. The normalized spacial score (nSPS) is 19.7. The minimum Gasteiger partial charge on any atom is -0.508 e. The predicted molar refractivity (Wildman–Crippen MR) is 161 cm³/mol. The topological polar surface area (TPSA) is 115 Å². The van der Waals surface area contributed by atoms with Crippen molar-refractivity contribution in [3.8, 4) is 17.6 Å². The number of carbonyl (C=O) groups excluding carboxylic acids is 3. The van der Waals surface area contributed by atoms with Gasteiger partial charge in [-0.3, -0.25) is 14.4 Å². The molecule has 2 aliphatic rings. The van der Waals surface area contributed by atoms with Crippen molar-refractivity contribution in [3.63, 3.8) is 0 Å². The molecule has 3 aromatic carbocycles. The van der Waals surface area contributed by atoms with Crippen LogP contribution in [0.25, 0.3) is 10.9 Å². The van der Waals surface area contributed by atoms with Crippen molar-refractivity contribution in [3.05, 3.63) is 95.7 Å². The average Bonchev–Trinajstić information content (AvgIpc) is 3.67. The molecule has 0 radical (unpaired) electrons. The standard InChI is InChI=1S/C34H32N4O4/c1-2-7-23(22-12-14-26(39)15-13-22)19-31(40)38-20-28(34(21-38)27-9-4-6-11-30(27)37-33(34)42)32(41)35-17-16-25-18-24-8-3-5-10-29(24)36-25/h3-6,8-15,18,23,28,36,39H,16-17,19-21H2,1H3,(H,35,41)(H,37,42)/t23-,28?,34?/m0/s1. The van der Waals surface area contributed by atoms with Crippen LogP contribution in [0.5, 0.6) is 5.75 Å². The number of para-hydroxylation sites is 2. The van der Waals surface area contributed by atoms with Crippen molar-refractivity contribution in [1.82, 2.24) is 15.2 Å². The first-order chi connectivity index (χ1) is 20.4. The summed E-state index contributed by atoms with van der Waals surface area (Å²) in [5.41, 5.74) is 3.11. The third kappa shape index (κ3) is 4.88. The number of hydrogen-bond acceptors (Lipinski definition) is 4. The number of likely N-dealkylation sites (tertiary alicyclic amines) is 1. The van der Waals surface area contributed by atoms with E-state index < -0.39 is 11.3 Å². The molecule has 2 aliphatic heterocycles. The zero-order valence-corrected chi connectivity index (χ0v) is 23.3. The predicted octanol–water partition coefficient (Wildman–Crippen LogP) is 4.08. The Morgan fingerprint density at radius 3 is 2.64 bits per heavy atom. The van der Waals surface area contributed by atoms with Gasteiger partial charge in [0.15, 0.2) is 0 Å². The molecule has 1 saturated heterocycles. The van der Waals surface area contributed by atoms with Crippen molar-refractivity contribution in [2.75, 3.05) is 25.0 Å². The van der Waals surface area contributed by atoms with E-state index >= 15 is 0 Å². The summed E-state index contributed by atoms with van der Waals surface area (Å²) in [5.74, 6) is 4.31. The van der Waals surface area contributed by atoms with Gasteiger partial charge in [-0.1, -0.05) is 54.5 Å². The van der Waals surface area contributed by atoms with Gasteiger partial charge in [0.1, 0.15) is 11.2 Å². The number of nitrogens with zero attached hydrogens (tertiary/aromatic N) is 1. The number of nitrogens with one attached hydrogen (secondary N) is 3. The molecule has 2 unspecified atom stereocenters. The maximum absolute atomic E-state index is 13.8. The van der Waals surface area contributed by atoms with Gasteiger partial charge in [0.2, 0.25) is 17.7 Å². The lowest BCUT2D eigenvalue weighted by Gasteiger charge is -2.27. The van der Waals surface area contributed by atoms with Crippen molar-refractivity contribution < 1.29 is 19.5 Å². The Balaban J connectivity index is 1.23. The van der Waals surface area contributed by atoms with E-state index in [4.69, 9.17) is 0 Å². The van der Waals surface area contributed by atoms with E-state index in [0.717, 1.165) is 27.7 Å². The summed E-state index contributed by atoms with van der Waals surface area (Å²) in [6.45, 7) is 2.35. The molecule has 4 N–H and O–H groups in total. The van der Waals surface area contributed by atoms with Crippen LogP contribution in [0.1, 0.15) is 36.1 Å². The fourth-order valence-corrected chi connectivity index (χ4v) is 6.34. The number of H-pyrrole nitrogens is 1. The van der Waals surface area contributed by atoms with Gasteiger partial charge in [-0.25, -0.2) is 0 Å². The van der Waals surface area contributed by atoms with Gasteiger partial charge in [-0.2, -0.15) is 0 Å². The zero-order valence-electron chi connectivity index (χ0n) is 23.3. The van der Waals surface area contributed by atoms with Gasteiger partial charge >= 0.3 is 0 Å². The number of benzene rings is 3. The summed E-state index contributed by atoms with van der Waals surface area (Å²) in [4.78, 5) is 46.2. The van der Waals surface area contributed by atoms with Crippen molar-refractivity contribution in [1.29, 1.82) is 0 Å². The average molecular weight is 561 g/mol. The Morgan fingerprint density at radius 1 is 1.10 bits per heavy atom. The second kappa shape index (κ2) is 11.1. The van der Waals surface area contributed by atoms with Crippen LogP contribution in [-0.2, 0) is 26.2 Å². The van der Waals surface area contributed by atoms with E-state index in [0.29, 0.717) is 18.7 Å². The Kier molecular flexibility index (Phi) is 7.17. The van der Waals surface area contributed by atoms with Crippen LogP contribution in [0.3, 0.4) is 0 Å². The first-order valence-corrected chi connectivity index (χ1v) is 14.1. The molecule has 3 amide bonds. The molecule has 1 fully saturated rings. The molecule has 3 atom stereocenters. The summed E-state index contributed by atoms with van der Waals surface area (Å²) in [6, 6.07) is 24.1. The van der Waals surface area contributed by atoms with Crippen LogP contribution >= 0.6 is 0 Å². The van der Waals surface area contributed by atoms with Crippen molar-refractivity contribution in [2.24, 2.45) is 5.92 Å². The summed E-state index contributed by atoms with van der Waals surface area (Å²) >= 11 is 0. The molecule has 6 rings (SSSR count). The molecule has 3 heterocycles. The SMILES string of the molecule is CC#C[C@@H](CC(=O)N1CC(C(=O)NCCc2cc3ccccc3[nH]2)C2(C1)C(=O)Nc1ccccc12)c1ccc(O)cc1. The van der Waals surface area contributed by atoms with E-state index in [-0.39, 0.29) is 48.9 Å². The van der Waals surface area contributed by atoms with E-state index in [1.54, 1.807) is 36.1 Å². The van der Waals surface area contributed by atoms with Gasteiger partial charge in [-0.05, 0) is 53.8 Å². The zero-order chi connectivity index (χ0) is 29.3. The minimum absolute atomic E-state index is 0.0969. The maximum Gasteiger partial charge on any atom is 0.237 e. The van der Waals surface area contributed by atoms with Crippen LogP contribution in [0, 0.1) is 17.8 Å². The second-order valence-corrected chi connectivity index (χ2v) is 11.0. The number of carbonyl (C=O) groups is 3. The highest BCUT2D eigenvalue weighted by molar-refractivity contribution is 6.10. The molecule has 1 spiro atoms. The minimum atomic E-state index is -1.18. The molecule has 8 heteroatoms. The molecule has 0 bridgehead atoms. The molecule has 0 aliphatic carbocycles. The summed E-state index contributed by atoms with van der Waals surface area (Å²) in [5, 5.41) is 16.8. The van der Waals surface area contributed by atoms with Gasteiger partial charge < -0.3 is 25.6 Å². The summed E-state index contributed by atoms with van der Waals surface area (Å²) < 4.78 is 0. The van der Waals surface area contributed by atoms with Crippen LogP contribution < -0.4 is 10.6 Å². The highest BCUT2D eigenvalue weighted by Crippen LogP contribution is 2.48. The molecular weight excluding hydrogens is 528 g/mol. The van der Waals surface area contributed by atoms with Gasteiger partial charge in [0.05, 0.1) is 11.8 Å². The lowest BCUT2D eigenvalue weighted by molar-refractivity contribution is -0.131. The first kappa shape index (κ1) is 27.2. The first-order valence-electron chi connectivity index (χ1n) is 14.1. The summed E-state index contributed by atoms with van der Waals surface area (Å²) in [6.07, 6.45) is 0.704. The van der Waals surface area contributed by atoms with E-state index in [2.05, 4.69) is 33.5 Å². The van der Waals surface area contributed by atoms with Gasteiger partial charge in [0.25, 0.3) is 0 Å². The van der Waals surface area contributed by atoms with Gasteiger partial charge in [0, 0.05) is 49.4 Å². The van der Waals surface area contributed by atoms with Crippen LogP contribution in [0.2, 0.25) is 0 Å². The number of amides is 3. The molecule has 4 aromatic rings. The largest absolute Gasteiger partial charge is 0.508 e. The monoisotopic (exact) mass is 560 g/mol. The fourth-order valence-electron chi connectivity index (χ4n) is 6.34. The quantitative estimate of drug-likeness (QED) is 0.255. The highest BCUT2D eigenvalue weighted by Gasteiger charge is 2.60. The summed E-state index contributed by atoms with van der Waals surface area (Å²) in [7, 11) is 0. The maximum atomic E-state index is 13.8. The molecule has 42 heavy (non-hydrogen) atoms. The third-order valence-corrected chi connectivity index (χ3v) is 8.44. The Morgan fingerprint density at radius 2 is 1.86 bits per heavy atom. The second-order valence-electron chi connectivity index (χ2n) is 11.0. The number of aromatic nitrogens is 1. The lowest BCUT2D eigenvalue weighted by Crippen LogP contribution is -2.48. The van der Waals surface area contributed by atoms with E-state index in [1.165, 1.54) is 0 Å². The van der Waals surface area contributed by atoms with Gasteiger partial charge in [-0.15, -0.1) is 5.92 Å². The Bertz CT molecular complexity index is 1700. The number of hydrogen-bond donors (Lipinski definition) is 4. The van der Waals surface area contributed by atoms with Crippen LogP contribution in [0.15, 0.2) is 78.9 Å². The van der Waals surface area contributed by atoms with Crippen LogP contribution in [0.4, 0.5) is 5.69 Å². The number of fused-ring (bicyclic) bond motifs is 3. The number of aromatic amines is 1. The molecule has 8 nitrogen and oxygen atoms in total. The third-order valence-electron chi connectivity index (χ3n) is 8.44.